The van der Waals surface area contributed by atoms with Crippen molar-refractivity contribution in [2.75, 3.05) is 6.61 Å². The fraction of sp³-hybridized carbons (Fsp3) is 0.200. The van der Waals surface area contributed by atoms with Gasteiger partial charge in [0.15, 0.2) is 0 Å². The lowest BCUT2D eigenvalue weighted by atomic mass is 9.97. The lowest BCUT2D eigenvalue weighted by Crippen LogP contribution is -2.12. The van der Waals surface area contributed by atoms with Gasteiger partial charge in [-0.1, -0.05) is 41.9 Å². The van der Waals surface area contributed by atoms with Crippen LogP contribution in [0.3, 0.4) is 0 Å². The van der Waals surface area contributed by atoms with E-state index >= 15 is 0 Å². The maximum Gasteiger partial charge on any atom is 0.122 e. The molecule has 0 bridgehead atoms. The van der Waals surface area contributed by atoms with Crippen molar-refractivity contribution in [2.45, 2.75) is 12.5 Å². The van der Waals surface area contributed by atoms with Crippen LogP contribution in [0.5, 0.6) is 5.75 Å². The first-order chi connectivity index (χ1) is 8.75. The summed E-state index contributed by atoms with van der Waals surface area (Å²) in [5, 5.41) is 0.710. The Bertz CT molecular complexity index is 582. The van der Waals surface area contributed by atoms with Crippen LogP contribution in [-0.2, 0) is 6.42 Å². The van der Waals surface area contributed by atoms with E-state index in [1.807, 2.05) is 36.4 Å². The van der Waals surface area contributed by atoms with Gasteiger partial charge >= 0.3 is 0 Å². The molecule has 0 saturated heterocycles. The lowest BCUT2D eigenvalue weighted by Gasteiger charge is -2.15. The molecule has 1 unspecified atom stereocenters. The Morgan fingerprint density at radius 2 is 2.00 bits per heavy atom. The van der Waals surface area contributed by atoms with E-state index in [1.54, 1.807) is 0 Å². The molecule has 0 radical (unpaired) electrons. The van der Waals surface area contributed by atoms with Crippen molar-refractivity contribution in [2.24, 2.45) is 5.73 Å². The molecule has 2 aromatic carbocycles. The second kappa shape index (κ2) is 4.63. The largest absolute Gasteiger partial charge is 0.493 e. The summed E-state index contributed by atoms with van der Waals surface area (Å²) < 4.78 is 5.50. The summed E-state index contributed by atoms with van der Waals surface area (Å²) in [7, 11) is 0. The van der Waals surface area contributed by atoms with Crippen LogP contribution in [0.15, 0.2) is 42.5 Å². The first-order valence-corrected chi connectivity index (χ1v) is 6.39. The van der Waals surface area contributed by atoms with Crippen molar-refractivity contribution < 1.29 is 4.74 Å². The van der Waals surface area contributed by atoms with Crippen LogP contribution in [0.1, 0.15) is 22.7 Å². The van der Waals surface area contributed by atoms with Crippen LogP contribution < -0.4 is 10.5 Å². The zero-order valence-electron chi connectivity index (χ0n) is 9.90. The van der Waals surface area contributed by atoms with Crippen LogP contribution in [0, 0.1) is 0 Å². The van der Waals surface area contributed by atoms with Gasteiger partial charge in [0.25, 0.3) is 0 Å². The Labute approximate surface area is 111 Å². The number of benzene rings is 2. The number of hydrogen-bond acceptors (Lipinski definition) is 2. The predicted octanol–water partition coefficient (Wildman–Crippen LogP) is 3.32. The monoisotopic (exact) mass is 259 g/mol. The molecule has 3 heteroatoms. The topological polar surface area (TPSA) is 35.2 Å². The SMILES string of the molecule is NC(c1ccc2c(c1)CCO2)c1ccccc1Cl. The molecule has 0 aromatic heterocycles. The summed E-state index contributed by atoms with van der Waals surface area (Å²) in [6.07, 6.45) is 0.957. The number of hydrogen-bond donors (Lipinski definition) is 1. The Morgan fingerprint density at radius 3 is 2.83 bits per heavy atom. The number of rotatable bonds is 2. The summed E-state index contributed by atoms with van der Waals surface area (Å²) in [5.41, 5.74) is 9.55. The fourth-order valence-corrected chi connectivity index (χ4v) is 2.56. The van der Waals surface area contributed by atoms with Gasteiger partial charge in [-0.15, -0.1) is 0 Å². The quantitative estimate of drug-likeness (QED) is 0.898. The Hall–Kier alpha value is -1.51. The zero-order chi connectivity index (χ0) is 12.5. The molecular weight excluding hydrogens is 246 g/mol. The predicted molar refractivity (Wildman–Crippen MR) is 73.1 cm³/mol. The average molecular weight is 260 g/mol. The van der Waals surface area contributed by atoms with E-state index in [-0.39, 0.29) is 6.04 Å². The van der Waals surface area contributed by atoms with Crippen molar-refractivity contribution >= 4 is 11.6 Å². The summed E-state index contributed by atoms with van der Waals surface area (Å²) >= 11 is 6.18. The summed E-state index contributed by atoms with van der Waals surface area (Å²) in [5.74, 6) is 0.977. The first kappa shape index (κ1) is 11.6. The molecule has 2 nitrogen and oxygen atoms in total. The van der Waals surface area contributed by atoms with E-state index in [9.17, 15) is 0 Å². The number of nitrogens with two attached hydrogens (primary N) is 1. The van der Waals surface area contributed by atoms with E-state index in [0.717, 1.165) is 29.9 Å². The third-order valence-corrected chi connectivity index (χ3v) is 3.66. The minimum atomic E-state index is -0.190. The molecule has 0 fully saturated rings. The van der Waals surface area contributed by atoms with Crippen molar-refractivity contribution in [3.63, 3.8) is 0 Å². The number of halogens is 1. The van der Waals surface area contributed by atoms with Gasteiger partial charge in [0, 0.05) is 11.4 Å². The van der Waals surface area contributed by atoms with Crippen LogP contribution in [0.25, 0.3) is 0 Å². The molecule has 18 heavy (non-hydrogen) atoms. The van der Waals surface area contributed by atoms with E-state index in [1.165, 1.54) is 5.56 Å². The van der Waals surface area contributed by atoms with Gasteiger partial charge in [-0.25, -0.2) is 0 Å². The molecule has 0 aliphatic carbocycles. The average Bonchev–Trinajstić information content (AvgIpc) is 2.85. The van der Waals surface area contributed by atoms with Gasteiger partial charge in [-0.3, -0.25) is 0 Å². The molecule has 92 valence electrons. The molecule has 0 spiro atoms. The van der Waals surface area contributed by atoms with E-state index in [0.29, 0.717) is 5.02 Å². The maximum absolute atomic E-state index is 6.29. The van der Waals surface area contributed by atoms with E-state index < -0.39 is 0 Å². The minimum Gasteiger partial charge on any atom is -0.493 e. The maximum atomic E-state index is 6.29. The normalized spacial score (nSPS) is 15.0. The highest BCUT2D eigenvalue weighted by Gasteiger charge is 2.17. The highest BCUT2D eigenvalue weighted by Crippen LogP contribution is 2.31. The van der Waals surface area contributed by atoms with Gasteiger partial charge in [0.2, 0.25) is 0 Å². The first-order valence-electron chi connectivity index (χ1n) is 6.01. The van der Waals surface area contributed by atoms with Gasteiger partial charge < -0.3 is 10.5 Å². The van der Waals surface area contributed by atoms with Gasteiger partial charge in [0.05, 0.1) is 12.6 Å². The molecule has 3 rings (SSSR count). The number of fused-ring (bicyclic) bond motifs is 1. The summed E-state index contributed by atoms with van der Waals surface area (Å²) in [4.78, 5) is 0. The molecule has 0 saturated carbocycles. The van der Waals surface area contributed by atoms with Gasteiger partial charge in [0.1, 0.15) is 5.75 Å². The third-order valence-electron chi connectivity index (χ3n) is 3.31. The van der Waals surface area contributed by atoms with Crippen molar-refractivity contribution in [3.05, 3.63) is 64.2 Å². The fourth-order valence-electron chi connectivity index (χ4n) is 2.31. The molecule has 0 amide bonds. The molecule has 2 N–H and O–H groups in total. The summed E-state index contributed by atoms with van der Waals surface area (Å²) in [6, 6.07) is 13.6. The van der Waals surface area contributed by atoms with Crippen LogP contribution in [0.2, 0.25) is 5.02 Å². The smallest absolute Gasteiger partial charge is 0.122 e. The Balaban J connectivity index is 1.98. The molecule has 1 aliphatic heterocycles. The van der Waals surface area contributed by atoms with E-state index in [4.69, 9.17) is 22.1 Å². The van der Waals surface area contributed by atoms with Crippen molar-refractivity contribution in [3.8, 4) is 5.75 Å². The molecule has 1 heterocycles. The van der Waals surface area contributed by atoms with E-state index in [2.05, 4.69) is 6.07 Å². The second-order valence-corrected chi connectivity index (χ2v) is 4.87. The minimum absolute atomic E-state index is 0.190. The van der Waals surface area contributed by atoms with Crippen molar-refractivity contribution in [1.29, 1.82) is 0 Å². The Morgan fingerprint density at radius 1 is 1.17 bits per heavy atom. The molecule has 2 aromatic rings. The van der Waals surface area contributed by atoms with Crippen LogP contribution in [-0.4, -0.2) is 6.61 Å². The summed E-state index contributed by atoms with van der Waals surface area (Å²) in [6.45, 7) is 0.764. The second-order valence-electron chi connectivity index (χ2n) is 4.46. The zero-order valence-corrected chi connectivity index (χ0v) is 10.7. The molecule has 1 atom stereocenters. The molecular formula is C15H14ClNO. The van der Waals surface area contributed by atoms with Crippen LogP contribution >= 0.6 is 11.6 Å². The highest BCUT2D eigenvalue weighted by molar-refractivity contribution is 6.31. The van der Waals surface area contributed by atoms with Gasteiger partial charge in [-0.2, -0.15) is 0 Å². The van der Waals surface area contributed by atoms with Crippen molar-refractivity contribution in [1.82, 2.24) is 0 Å². The van der Waals surface area contributed by atoms with Gasteiger partial charge in [-0.05, 0) is 28.8 Å². The standard InChI is InChI=1S/C15H14ClNO/c16-13-4-2-1-3-12(13)15(17)11-5-6-14-10(9-11)7-8-18-14/h1-6,9,15H,7-8,17H2. The molecule has 1 aliphatic rings. The third kappa shape index (κ3) is 1.98. The highest BCUT2D eigenvalue weighted by atomic mass is 35.5. The van der Waals surface area contributed by atoms with Crippen LogP contribution in [0.4, 0.5) is 0 Å². The number of ether oxygens (including phenoxy) is 1. The lowest BCUT2D eigenvalue weighted by molar-refractivity contribution is 0.357. The Kier molecular flexibility index (Phi) is 2.98.